The molecule has 0 N–H and O–H groups in total. The topological polar surface area (TPSA) is 60.4 Å². The lowest BCUT2D eigenvalue weighted by Gasteiger charge is -2.12. The van der Waals surface area contributed by atoms with Crippen molar-refractivity contribution in [3.8, 4) is 16.9 Å². The highest BCUT2D eigenvalue weighted by Crippen LogP contribution is 2.35. The first-order valence-electron chi connectivity index (χ1n) is 8.48. The van der Waals surface area contributed by atoms with Crippen LogP contribution in [0.1, 0.15) is 34.3 Å². The quantitative estimate of drug-likeness (QED) is 0.586. The first kappa shape index (κ1) is 17.7. The van der Waals surface area contributed by atoms with E-state index in [1.54, 1.807) is 0 Å². The summed E-state index contributed by atoms with van der Waals surface area (Å²) in [5.74, 6) is 0.905. The fraction of sp³-hybridized carbons (Fsp3) is 0.350. The number of hydrogen-bond acceptors (Lipinski definition) is 4. The summed E-state index contributed by atoms with van der Waals surface area (Å²) in [6, 6.07) is 11.9. The summed E-state index contributed by atoms with van der Waals surface area (Å²) < 4.78 is 28.0. The smallest absolute Gasteiger partial charge is 0.150 e. The van der Waals surface area contributed by atoms with Gasteiger partial charge in [-0.25, -0.2) is 8.42 Å². The Hall–Kier alpha value is -2.14. The number of fused-ring (bicyclic) bond motifs is 3. The number of rotatable bonds is 6. The molecule has 3 rings (SSSR count). The van der Waals surface area contributed by atoms with Crippen LogP contribution in [0.5, 0.6) is 5.75 Å². The zero-order valence-electron chi connectivity index (χ0n) is 14.3. The molecule has 0 amide bonds. The molecule has 2 aromatic carbocycles. The second-order valence-electron chi connectivity index (χ2n) is 6.54. The van der Waals surface area contributed by atoms with Gasteiger partial charge in [-0.1, -0.05) is 18.2 Å². The third kappa shape index (κ3) is 4.48. The van der Waals surface area contributed by atoms with Crippen molar-refractivity contribution in [2.75, 3.05) is 18.6 Å². The van der Waals surface area contributed by atoms with Gasteiger partial charge in [0.1, 0.15) is 21.9 Å². The normalized spacial score (nSPS) is 13.5. The number of aryl methyl sites for hydroxylation is 2. The Morgan fingerprint density at radius 2 is 1.84 bits per heavy atom. The molecule has 132 valence electrons. The molecular formula is C20H22O4S. The largest absolute Gasteiger partial charge is 0.494 e. The van der Waals surface area contributed by atoms with Crippen LogP contribution in [0.15, 0.2) is 36.4 Å². The van der Waals surface area contributed by atoms with Crippen LogP contribution in [0.2, 0.25) is 0 Å². The Morgan fingerprint density at radius 1 is 1.04 bits per heavy atom. The summed E-state index contributed by atoms with van der Waals surface area (Å²) in [5, 5.41) is 0. The van der Waals surface area contributed by atoms with Crippen LogP contribution in [-0.2, 0) is 22.7 Å². The molecule has 0 aliphatic heterocycles. The molecule has 0 bridgehead atoms. The molecule has 0 unspecified atom stereocenters. The minimum Gasteiger partial charge on any atom is -0.494 e. The van der Waals surface area contributed by atoms with Crippen LogP contribution >= 0.6 is 0 Å². The van der Waals surface area contributed by atoms with Gasteiger partial charge in [-0.15, -0.1) is 0 Å². The number of benzene rings is 2. The molecule has 0 heterocycles. The van der Waals surface area contributed by atoms with Crippen LogP contribution in [0, 0.1) is 0 Å². The maximum absolute atomic E-state index is 11.2. The van der Waals surface area contributed by atoms with Crippen LogP contribution < -0.4 is 4.74 Å². The monoisotopic (exact) mass is 358 g/mol. The molecule has 0 radical (unpaired) electrons. The number of hydrogen-bond donors (Lipinski definition) is 0. The molecule has 0 atom stereocenters. The third-order valence-electron chi connectivity index (χ3n) is 4.46. The summed E-state index contributed by atoms with van der Waals surface area (Å²) in [4.78, 5) is 11.1. The van der Waals surface area contributed by atoms with E-state index in [-0.39, 0.29) is 5.75 Å². The van der Waals surface area contributed by atoms with E-state index in [4.69, 9.17) is 4.74 Å². The lowest BCUT2D eigenvalue weighted by atomic mass is 9.95. The maximum atomic E-state index is 11.2. The Morgan fingerprint density at radius 3 is 2.60 bits per heavy atom. The lowest BCUT2D eigenvalue weighted by molar-refractivity contribution is 0.112. The first-order valence-corrected chi connectivity index (χ1v) is 10.5. The molecule has 4 nitrogen and oxygen atoms in total. The Balaban J connectivity index is 1.80. The summed E-state index contributed by atoms with van der Waals surface area (Å²) in [6.07, 6.45) is 5.61. The third-order valence-corrected chi connectivity index (χ3v) is 5.49. The highest BCUT2D eigenvalue weighted by Gasteiger charge is 2.15. The van der Waals surface area contributed by atoms with Crippen LogP contribution in [0.3, 0.4) is 0 Å². The second-order valence-corrected chi connectivity index (χ2v) is 8.80. The van der Waals surface area contributed by atoms with Gasteiger partial charge < -0.3 is 4.74 Å². The van der Waals surface area contributed by atoms with Gasteiger partial charge in [-0.2, -0.15) is 0 Å². The lowest BCUT2D eigenvalue weighted by Crippen LogP contribution is -2.08. The average Bonchev–Trinajstić information content (AvgIpc) is 2.76. The van der Waals surface area contributed by atoms with Gasteiger partial charge in [0.2, 0.25) is 0 Å². The Labute approximate surface area is 148 Å². The van der Waals surface area contributed by atoms with Crippen molar-refractivity contribution in [3.05, 3.63) is 53.1 Å². The molecule has 0 spiro atoms. The van der Waals surface area contributed by atoms with Crippen LogP contribution in [0.4, 0.5) is 0 Å². The van der Waals surface area contributed by atoms with Crippen molar-refractivity contribution in [3.63, 3.8) is 0 Å². The molecule has 5 heteroatoms. The molecule has 2 aromatic rings. The number of sulfone groups is 1. The molecule has 0 fully saturated rings. The molecule has 1 aliphatic carbocycles. The number of aldehydes is 1. The Bertz CT molecular complexity index is 885. The molecule has 1 aliphatic rings. The number of carbonyl (C=O) groups is 1. The highest BCUT2D eigenvalue weighted by atomic mass is 32.2. The van der Waals surface area contributed by atoms with Crippen LogP contribution in [-0.4, -0.2) is 33.3 Å². The van der Waals surface area contributed by atoms with Gasteiger partial charge in [0.05, 0.1) is 12.4 Å². The van der Waals surface area contributed by atoms with Crippen molar-refractivity contribution in [2.45, 2.75) is 25.7 Å². The van der Waals surface area contributed by atoms with Gasteiger partial charge in [0, 0.05) is 11.8 Å². The van der Waals surface area contributed by atoms with E-state index in [1.165, 1.54) is 17.4 Å². The predicted molar refractivity (Wildman–Crippen MR) is 99.1 cm³/mol. The highest BCUT2D eigenvalue weighted by molar-refractivity contribution is 7.90. The van der Waals surface area contributed by atoms with E-state index in [9.17, 15) is 13.2 Å². The summed E-state index contributed by atoms with van der Waals surface area (Å²) in [6.45, 7) is 0.387. The average molecular weight is 358 g/mol. The molecule has 25 heavy (non-hydrogen) atoms. The SMILES string of the molecule is CS(=O)(=O)CCCOc1ccc2c(c1)CCCc1ccc(C=O)cc1-2. The summed E-state index contributed by atoms with van der Waals surface area (Å²) >= 11 is 0. The summed E-state index contributed by atoms with van der Waals surface area (Å²) in [5.41, 5.74) is 5.45. The molecular weight excluding hydrogens is 336 g/mol. The summed E-state index contributed by atoms with van der Waals surface area (Å²) in [7, 11) is -2.95. The van der Waals surface area contributed by atoms with Crippen molar-refractivity contribution >= 4 is 16.1 Å². The fourth-order valence-corrected chi connectivity index (χ4v) is 3.89. The zero-order chi connectivity index (χ0) is 17.9. The van der Waals surface area contributed by atoms with Gasteiger partial charge in [-0.3, -0.25) is 4.79 Å². The minimum absolute atomic E-state index is 0.139. The second kappa shape index (κ2) is 7.40. The van der Waals surface area contributed by atoms with E-state index in [2.05, 4.69) is 0 Å². The minimum atomic E-state index is -2.95. The molecule has 0 aromatic heterocycles. The number of ether oxygens (including phenoxy) is 1. The zero-order valence-corrected chi connectivity index (χ0v) is 15.1. The predicted octanol–water partition coefficient (Wildman–Crippen LogP) is 3.47. The Kier molecular flexibility index (Phi) is 5.23. The number of carbonyl (C=O) groups excluding carboxylic acids is 1. The first-order chi connectivity index (χ1) is 12.0. The van der Waals surface area contributed by atoms with Crippen LogP contribution in [0.25, 0.3) is 11.1 Å². The van der Waals surface area contributed by atoms with E-state index < -0.39 is 9.84 Å². The van der Waals surface area contributed by atoms with Gasteiger partial charge in [0.25, 0.3) is 0 Å². The maximum Gasteiger partial charge on any atom is 0.150 e. The van der Waals surface area contributed by atoms with Gasteiger partial charge >= 0.3 is 0 Å². The molecule has 0 saturated carbocycles. The van der Waals surface area contributed by atoms with Gasteiger partial charge in [-0.05, 0) is 66.1 Å². The van der Waals surface area contributed by atoms with E-state index in [1.807, 2.05) is 36.4 Å². The van der Waals surface area contributed by atoms with Crippen molar-refractivity contribution < 1.29 is 17.9 Å². The van der Waals surface area contributed by atoms with Gasteiger partial charge in [0.15, 0.2) is 0 Å². The van der Waals surface area contributed by atoms with Crippen molar-refractivity contribution in [1.29, 1.82) is 0 Å². The fourth-order valence-electron chi connectivity index (χ4n) is 3.25. The van der Waals surface area contributed by atoms with E-state index in [0.29, 0.717) is 18.6 Å². The standard InChI is InChI=1S/C20H22O4S/c1-25(22,23)11-3-10-24-18-8-9-19-17(13-18)5-2-4-16-7-6-15(14-21)12-20(16)19/h6-9,12-14H,2-5,10-11H2,1H3. The van der Waals surface area contributed by atoms with Crippen molar-refractivity contribution in [1.82, 2.24) is 0 Å². The molecule has 0 saturated heterocycles. The van der Waals surface area contributed by atoms with E-state index in [0.717, 1.165) is 42.4 Å². The van der Waals surface area contributed by atoms with E-state index >= 15 is 0 Å². The van der Waals surface area contributed by atoms with Crippen molar-refractivity contribution in [2.24, 2.45) is 0 Å².